The quantitative estimate of drug-likeness (QED) is 0.322. The fourth-order valence-corrected chi connectivity index (χ4v) is 4.10. The molecule has 1 aliphatic rings. The highest BCUT2D eigenvalue weighted by molar-refractivity contribution is 6.46. The number of hydrogen-bond donors (Lipinski definition) is 1. The minimum atomic E-state index is -0.817. The summed E-state index contributed by atoms with van der Waals surface area (Å²) in [6.07, 6.45) is 0. The number of aliphatic hydroxyl groups is 1. The minimum absolute atomic E-state index is 0.0123. The van der Waals surface area contributed by atoms with Gasteiger partial charge in [-0.05, 0) is 47.5 Å². The van der Waals surface area contributed by atoms with Gasteiger partial charge in [-0.3, -0.25) is 9.59 Å². The van der Waals surface area contributed by atoms with Gasteiger partial charge in [0.15, 0.2) is 11.5 Å². The van der Waals surface area contributed by atoms with E-state index in [1.165, 1.54) is 19.1 Å². The third kappa shape index (κ3) is 4.20. The van der Waals surface area contributed by atoms with Crippen molar-refractivity contribution in [1.29, 1.82) is 0 Å². The molecule has 0 spiro atoms. The number of ether oxygens (including phenoxy) is 3. The molecule has 1 fully saturated rings. The zero-order valence-electron chi connectivity index (χ0n) is 19.1. The van der Waals surface area contributed by atoms with E-state index in [0.29, 0.717) is 28.4 Å². The number of nitrogens with zero attached hydrogens (tertiary/aromatic N) is 1. The molecule has 7 nitrogen and oxygen atoms in total. The van der Waals surface area contributed by atoms with E-state index >= 15 is 0 Å². The Bertz CT molecular complexity index is 1230. The standard InChI is InChI=1S/C27H25NO6/c1-32-20-12-9-18(10-13-20)25(29)23-24(19-11-14-21(33-2)22(15-19)34-3)28(27(31)26(23)30)16-17-7-5-4-6-8-17/h4-15,24,29H,16H2,1-3H3. The molecule has 3 aromatic rings. The SMILES string of the molecule is COc1ccc(C(O)=C2C(=O)C(=O)N(Cc3ccccc3)C2c2ccc(OC)c(OC)c2)cc1. The summed E-state index contributed by atoms with van der Waals surface area (Å²) in [4.78, 5) is 27.9. The lowest BCUT2D eigenvalue weighted by atomic mass is 9.94. The topological polar surface area (TPSA) is 85.3 Å². The fourth-order valence-electron chi connectivity index (χ4n) is 4.10. The van der Waals surface area contributed by atoms with Crippen LogP contribution in [0.2, 0.25) is 0 Å². The summed E-state index contributed by atoms with van der Waals surface area (Å²) in [5, 5.41) is 11.2. The average Bonchev–Trinajstić information content (AvgIpc) is 3.13. The molecule has 1 atom stereocenters. The van der Waals surface area contributed by atoms with Crippen molar-refractivity contribution in [3.05, 3.63) is 95.1 Å². The minimum Gasteiger partial charge on any atom is -0.507 e. The second kappa shape index (κ2) is 9.70. The summed E-state index contributed by atoms with van der Waals surface area (Å²) in [5.41, 5.74) is 1.89. The van der Waals surface area contributed by atoms with Crippen LogP contribution in [0.3, 0.4) is 0 Å². The number of carbonyl (C=O) groups is 2. The van der Waals surface area contributed by atoms with Crippen LogP contribution in [0.4, 0.5) is 0 Å². The van der Waals surface area contributed by atoms with E-state index in [0.717, 1.165) is 5.56 Å². The smallest absolute Gasteiger partial charge is 0.295 e. The summed E-state index contributed by atoms with van der Waals surface area (Å²) in [6.45, 7) is 0.198. The molecule has 0 radical (unpaired) electrons. The normalized spacial score (nSPS) is 17.0. The lowest BCUT2D eigenvalue weighted by molar-refractivity contribution is -0.140. The first-order chi connectivity index (χ1) is 16.5. The third-order valence-electron chi connectivity index (χ3n) is 5.82. The number of hydrogen-bond acceptors (Lipinski definition) is 6. The Hall–Kier alpha value is -4.26. The maximum Gasteiger partial charge on any atom is 0.295 e. The van der Waals surface area contributed by atoms with E-state index in [9.17, 15) is 14.7 Å². The average molecular weight is 459 g/mol. The highest BCUT2D eigenvalue weighted by Gasteiger charge is 2.46. The number of carbonyl (C=O) groups excluding carboxylic acids is 2. The molecule has 1 aliphatic heterocycles. The van der Waals surface area contributed by atoms with E-state index in [2.05, 4.69) is 0 Å². The van der Waals surface area contributed by atoms with Gasteiger partial charge in [0.2, 0.25) is 0 Å². The first kappa shape index (κ1) is 22.9. The number of methoxy groups -OCH3 is 3. The van der Waals surface area contributed by atoms with Gasteiger partial charge >= 0.3 is 0 Å². The number of benzene rings is 3. The maximum atomic E-state index is 13.2. The first-order valence-corrected chi connectivity index (χ1v) is 10.7. The van der Waals surface area contributed by atoms with Crippen molar-refractivity contribution in [2.75, 3.05) is 21.3 Å². The molecule has 3 aromatic carbocycles. The van der Waals surface area contributed by atoms with E-state index in [1.807, 2.05) is 30.3 Å². The van der Waals surface area contributed by atoms with Crippen molar-refractivity contribution in [1.82, 2.24) is 4.90 Å². The number of amides is 1. The Balaban J connectivity index is 1.87. The van der Waals surface area contributed by atoms with Crippen molar-refractivity contribution in [3.8, 4) is 17.2 Å². The summed E-state index contributed by atoms with van der Waals surface area (Å²) < 4.78 is 16.0. The van der Waals surface area contributed by atoms with Gasteiger partial charge in [0.05, 0.1) is 32.9 Å². The summed E-state index contributed by atoms with van der Waals surface area (Å²) >= 11 is 0. The molecule has 0 bridgehead atoms. The highest BCUT2D eigenvalue weighted by Crippen LogP contribution is 2.42. The molecule has 1 unspecified atom stereocenters. The Kier molecular flexibility index (Phi) is 6.54. The monoisotopic (exact) mass is 459 g/mol. The van der Waals surface area contributed by atoms with Crippen molar-refractivity contribution in [2.24, 2.45) is 0 Å². The largest absolute Gasteiger partial charge is 0.507 e. The number of Topliss-reactive ketones (excluding diaryl/α,β-unsaturated/α-hetero) is 1. The van der Waals surface area contributed by atoms with Crippen molar-refractivity contribution in [2.45, 2.75) is 12.6 Å². The Morgan fingerprint density at radius 2 is 1.53 bits per heavy atom. The van der Waals surface area contributed by atoms with Gasteiger partial charge in [0.25, 0.3) is 11.7 Å². The predicted molar refractivity (Wildman–Crippen MR) is 127 cm³/mol. The molecule has 0 saturated carbocycles. The molecule has 34 heavy (non-hydrogen) atoms. The zero-order valence-corrected chi connectivity index (χ0v) is 19.1. The highest BCUT2D eigenvalue weighted by atomic mass is 16.5. The third-order valence-corrected chi connectivity index (χ3v) is 5.82. The summed E-state index contributed by atoms with van der Waals surface area (Å²) in [6, 6.07) is 20.4. The summed E-state index contributed by atoms with van der Waals surface area (Å²) in [5.74, 6) is -0.104. The molecule has 4 rings (SSSR count). The molecular formula is C27H25NO6. The van der Waals surface area contributed by atoms with Gasteiger partial charge in [0, 0.05) is 12.1 Å². The van der Waals surface area contributed by atoms with Gasteiger partial charge in [-0.25, -0.2) is 0 Å². The molecule has 1 N–H and O–H groups in total. The van der Waals surface area contributed by atoms with Gasteiger partial charge in [-0.2, -0.15) is 0 Å². The Labute approximate surface area is 197 Å². The summed E-state index contributed by atoms with van der Waals surface area (Å²) in [7, 11) is 4.59. The molecule has 7 heteroatoms. The first-order valence-electron chi connectivity index (χ1n) is 10.7. The molecule has 1 saturated heterocycles. The second-order valence-corrected chi connectivity index (χ2v) is 7.76. The molecule has 0 aromatic heterocycles. The molecule has 1 heterocycles. The second-order valence-electron chi connectivity index (χ2n) is 7.76. The number of aliphatic hydroxyl groups excluding tert-OH is 1. The van der Waals surface area contributed by atoms with Crippen LogP contribution in [-0.2, 0) is 16.1 Å². The molecular weight excluding hydrogens is 434 g/mol. The van der Waals surface area contributed by atoms with Crippen LogP contribution in [0, 0.1) is 0 Å². The van der Waals surface area contributed by atoms with Crippen LogP contribution in [0.5, 0.6) is 17.2 Å². The van der Waals surface area contributed by atoms with Crippen molar-refractivity contribution in [3.63, 3.8) is 0 Å². The predicted octanol–water partition coefficient (Wildman–Crippen LogP) is 4.33. The lowest BCUT2D eigenvalue weighted by Gasteiger charge is -2.26. The van der Waals surface area contributed by atoms with Gasteiger partial charge in [0.1, 0.15) is 11.5 Å². The lowest BCUT2D eigenvalue weighted by Crippen LogP contribution is -2.29. The zero-order chi connectivity index (χ0) is 24.2. The van der Waals surface area contributed by atoms with Crippen LogP contribution in [0.15, 0.2) is 78.4 Å². The molecule has 174 valence electrons. The van der Waals surface area contributed by atoms with Gasteiger partial charge in [-0.1, -0.05) is 36.4 Å². The van der Waals surface area contributed by atoms with Crippen LogP contribution >= 0.6 is 0 Å². The van der Waals surface area contributed by atoms with Gasteiger partial charge < -0.3 is 24.2 Å². The van der Waals surface area contributed by atoms with E-state index in [4.69, 9.17) is 14.2 Å². The Morgan fingerprint density at radius 3 is 2.15 bits per heavy atom. The van der Waals surface area contributed by atoms with Crippen LogP contribution in [0.1, 0.15) is 22.7 Å². The molecule has 1 amide bonds. The fraction of sp³-hybridized carbons (Fsp3) is 0.185. The van der Waals surface area contributed by atoms with Crippen molar-refractivity contribution >= 4 is 17.4 Å². The van der Waals surface area contributed by atoms with E-state index in [1.54, 1.807) is 49.6 Å². The maximum absolute atomic E-state index is 13.2. The van der Waals surface area contributed by atoms with Crippen LogP contribution < -0.4 is 14.2 Å². The molecule has 0 aliphatic carbocycles. The van der Waals surface area contributed by atoms with Gasteiger partial charge in [-0.15, -0.1) is 0 Å². The van der Waals surface area contributed by atoms with E-state index < -0.39 is 17.7 Å². The Morgan fingerprint density at radius 1 is 0.853 bits per heavy atom. The number of likely N-dealkylation sites (tertiary alicyclic amines) is 1. The van der Waals surface area contributed by atoms with Crippen LogP contribution in [0.25, 0.3) is 5.76 Å². The number of rotatable bonds is 7. The number of ketones is 1. The van der Waals surface area contributed by atoms with E-state index in [-0.39, 0.29) is 17.9 Å². The van der Waals surface area contributed by atoms with Crippen LogP contribution in [-0.4, -0.2) is 43.0 Å². The van der Waals surface area contributed by atoms with Crippen molar-refractivity contribution < 1.29 is 28.9 Å².